The van der Waals surface area contributed by atoms with Gasteiger partial charge in [-0.05, 0) is 96.9 Å². The highest BCUT2D eigenvalue weighted by Gasteiger charge is 2.12. The Morgan fingerprint density at radius 2 is 1.23 bits per heavy atom. The van der Waals surface area contributed by atoms with Crippen LogP contribution in [0.2, 0.25) is 0 Å². The van der Waals surface area contributed by atoms with Gasteiger partial charge in [-0.15, -0.1) is 11.3 Å². The highest BCUT2D eigenvalue weighted by atomic mass is 32.1. The highest BCUT2D eigenvalue weighted by molar-refractivity contribution is 7.25. The third-order valence-electron chi connectivity index (χ3n) is 8.67. The SMILES string of the molecule is C=C1/C=C\C=C/C/C(c2cccc(-c3ccc4sc5ccccc5c4c3)c2)=c2/cccc/c2=C/1c1ccc2ccccc2c1. The van der Waals surface area contributed by atoms with Crippen LogP contribution in [0.15, 0.2) is 170 Å². The molecule has 0 aliphatic heterocycles. The molecule has 0 saturated carbocycles. The zero-order valence-corrected chi connectivity index (χ0v) is 25.2. The second-order valence-corrected chi connectivity index (χ2v) is 12.5. The molecule has 8 rings (SSSR count). The van der Waals surface area contributed by atoms with Crippen molar-refractivity contribution in [3.05, 3.63) is 191 Å². The van der Waals surface area contributed by atoms with E-state index in [0.717, 1.165) is 12.0 Å². The van der Waals surface area contributed by atoms with Gasteiger partial charge in [0.25, 0.3) is 0 Å². The van der Waals surface area contributed by atoms with E-state index in [2.05, 4.69) is 164 Å². The number of benzene rings is 6. The van der Waals surface area contributed by atoms with Crippen molar-refractivity contribution in [2.75, 3.05) is 0 Å². The smallest absolute Gasteiger partial charge is 0.0355 e. The van der Waals surface area contributed by atoms with Crippen molar-refractivity contribution < 1.29 is 0 Å². The molecule has 208 valence electrons. The van der Waals surface area contributed by atoms with Crippen LogP contribution < -0.4 is 10.4 Å². The maximum atomic E-state index is 4.55. The number of hydrogen-bond acceptors (Lipinski definition) is 1. The van der Waals surface area contributed by atoms with Gasteiger partial charge >= 0.3 is 0 Å². The first-order chi connectivity index (χ1) is 21.7. The summed E-state index contributed by atoms with van der Waals surface area (Å²) in [6, 6.07) is 48.8. The molecule has 0 unspecified atom stereocenters. The van der Waals surface area contributed by atoms with Crippen LogP contribution in [0, 0.1) is 0 Å². The van der Waals surface area contributed by atoms with Crippen LogP contribution in [-0.2, 0) is 0 Å². The largest absolute Gasteiger partial charge is 0.135 e. The molecule has 1 heterocycles. The van der Waals surface area contributed by atoms with Crippen molar-refractivity contribution in [1.82, 2.24) is 0 Å². The first kappa shape index (κ1) is 26.4. The van der Waals surface area contributed by atoms with Gasteiger partial charge in [-0.2, -0.15) is 0 Å². The van der Waals surface area contributed by atoms with Crippen LogP contribution in [0.1, 0.15) is 17.5 Å². The van der Waals surface area contributed by atoms with Crippen molar-refractivity contribution in [2.24, 2.45) is 0 Å². The number of rotatable bonds is 3. The minimum absolute atomic E-state index is 0.830. The fourth-order valence-corrected chi connectivity index (χ4v) is 7.60. The van der Waals surface area contributed by atoms with E-state index in [9.17, 15) is 0 Å². The fourth-order valence-electron chi connectivity index (χ4n) is 6.52. The zero-order valence-electron chi connectivity index (χ0n) is 24.3. The minimum Gasteiger partial charge on any atom is -0.135 e. The van der Waals surface area contributed by atoms with E-state index in [4.69, 9.17) is 0 Å². The molecule has 0 atom stereocenters. The number of hydrogen-bond donors (Lipinski definition) is 0. The van der Waals surface area contributed by atoms with E-state index in [1.165, 1.54) is 74.8 Å². The molecule has 0 nitrogen and oxygen atoms in total. The Morgan fingerprint density at radius 3 is 2.16 bits per heavy atom. The van der Waals surface area contributed by atoms with Gasteiger partial charge in [-0.1, -0.05) is 134 Å². The summed E-state index contributed by atoms with van der Waals surface area (Å²) in [4.78, 5) is 0. The van der Waals surface area contributed by atoms with Crippen LogP contribution in [0.4, 0.5) is 0 Å². The standard InChI is InChI=1S/C43H30S/c1-29-12-3-2-4-17-36(37-18-7-8-20-39(37)43(29)35-23-22-30-13-5-6-14-31(30)27-35)34-16-11-15-32(26-34)33-24-25-42-40(28-33)38-19-9-10-21-41(38)44-42/h2-16,18-28H,1,17H2/b4-2-,12-3-,37-36+,43-39+. The van der Waals surface area contributed by atoms with Gasteiger partial charge in [-0.3, -0.25) is 0 Å². The fraction of sp³-hybridized carbons (Fsp3) is 0.0233. The predicted molar refractivity (Wildman–Crippen MR) is 191 cm³/mol. The van der Waals surface area contributed by atoms with Gasteiger partial charge in [0.1, 0.15) is 0 Å². The second kappa shape index (κ2) is 11.1. The lowest BCUT2D eigenvalue weighted by Crippen LogP contribution is -2.30. The van der Waals surface area contributed by atoms with Crippen molar-refractivity contribution in [1.29, 1.82) is 0 Å². The van der Waals surface area contributed by atoms with Gasteiger partial charge in [-0.25, -0.2) is 0 Å². The van der Waals surface area contributed by atoms with E-state index in [0.29, 0.717) is 0 Å². The molecule has 44 heavy (non-hydrogen) atoms. The van der Waals surface area contributed by atoms with Crippen molar-refractivity contribution >= 4 is 53.4 Å². The van der Waals surface area contributed by atoms with Crippen molar-refractivity contribution in [3.8, 4) is 11.1 Å². The van der Waals surface area contributed by atoms with E-state index < -0.39 is 0 Å². The first-order valence-electron chi connectivity index (χ1n) is 15.1. The molecule has 0 saturated heterocycles. The first-order valence-corrected chi connectivity index (χ1v) is 15.9. The molecular formula is C43H30S. The third kappa shape index (κ3) is 4.72. The van der Waals surface area contributed by atoms with Crippen molar-refractivity contribution in [3.63, 3.8) is 0 Å². The topological polar surface area (TPSA) is 0 Å². The normalized spacial score (nSPS) is 17.5. The quantitative estimate of drug-likeness (QED) is 0.196. The van der Waals surface area contributed by atoms with Gasteiger partial charge in [0.15, 0.2) is 0 Å². The van der Waals surface area contributed by atoms with Gasteiger partial charge in [0.05, 0.1) is 0 Å². The summed E-state index contributed by atoms with van der Waals surface area (Å²) >= 11 is 1.86. The van der Waals surface area contributed by atoms with Crippen LogP contribution in [0.25, 0.3) is 53.2 Å². The molecule has 1 aliphatic rings. The molecular weight excluding hydrogens is 549 g/mol. The van der Waals surface area contributed by atoms with Crippen LogP contribution in [0.5, 0.6) is 0 Å². The van der Waals surface area contributed by atoms with Gasteiger partial charge < -0.3 is 0 Å². The number of fused-ring (bicyclic) bond motifs is 5. The molecule has 0 fully saturated rings. The Kier molecular flexibility index (Phi) is 6.67. The molecule has 0 N–H and O–H groups in total. The monoisotopic (exact) mass is 578 g/mol. The van der Waals surface area contributed by atoms with E-state index in [1.807, 2.05) is 11.3 Å². The molecule has 1 aliphatic carbocycles. The average Bonchev–Trinajstić information content (AvgIpc) is 3.45. The van der Waals surface area contributed by atoms with E-state index in [-0.39, 0.29) is 0 Å². The molecule has 1 heteroatoms. The molecule has 0 bridgehead atoms. The molecule has 0 amide bonds. The summed E-state index contributed by atoms with van der Waals surface area (Å²) in [5.74, 6) is 0. The summed E-state index contributed by atoms with van der Waals surface area (Å²) in [5, 5.41) is 7.58. The zero-order chi connectivity index (χ0) is 29.5. The van der Waals surface area contributed by atoms with Crippen LogP contribution in [-0.4, -0.2) is 0 Å². The van der Waals surface area contributed by atoms with E-state index in [1.54, 1.807) is 0 Å². The molecule has 1 aromatic heterocycles. The molecule has 6 aromatic carbocycles. The lowest BCUT2D eigenvalue weighted by Gasteiger charge is -2.14. The van der Waals surface area contributed by atoms with Gasteiger partial charge in [0.2, 0.25) is 0 Å². The number of allylic oxidation sites excluding steroid dienone is 5. The lowest BCUT2D eigenvalue weighted by atomic mass is 9.90. The average molecular weight is 579 g/mol. The highest BCUT2D eigenvalue weighted by Crippen LogP contribution is 2.36. The Bertz CT molecular complexity index is 2430. The summed E-state index contributed by atoms with van der Waals surface area (Å²) in [7, 11) is 0. The summed E-state index contributed by atoms with van der Waals surface area (Å²) in [5.41, 5.74) is 8.37. The third-order valence-corrected chi connectivity index (χ3v) is 9.82. The number of thiophene rings is 1. The second-order valence-electron chi connectivity index (χ2n) is 11.4. The summed E-state index contributed by atoms with van der Waals surface area (Å²) in [6.45, 7) is 4.55. The van der Waals surface area contributed by atoms with E-state index >= 15 is 0 Å². The Morgan fingerprint density at radius 1 is 0.500 bits per heavy atom. The minimum atomic E-state index is 0.830. The molecule has 7 aromatic rings. The predicted octanol–water partition coefficient (Wildman–Crippen LogP) is 10.3. The van der Waals surface area contributed by atoms with Crippen molar-refractivity contribution in [2.45, 2.75) is 6.42 Å². The Hall–Kier alpha value is -5.24. The summed E-state index contributed by atoms with van der Waals surface area (Å²) < 4.78 is 2.67. The molecule has 0 radical (unpaired) electrons. The van der Waals surface area contributed by atoms with Crippen LogP contribution in [0.3, 0.4) is 0 Å². The summed E-state index contributed by atoms with van der Waals surface area (Å²) in [6.07, 6.45) is 9.49. The maximum Gasteiger partial charge on any atom is 0.0355 e. The molecule has 0 spiro atoms. The Labute approximate surface area is 261 Å². The Balaban J connectivity index is 1.36. The van der Waals surface area contributed by atoms with Crippen LogP contribution >= 0.6 is 11.3 Å². The lowest BCUT2D eigenvalue weighted by molar-refractivity contribution is 1.32. The van der Waals surface area contributed by atoms with Gasteiger partial charge in [0, 0.05) is 20.2 Å². The maximum absolute atomic E-state index is 4.55.